The molecule has 0 aromatic heterocycles. The quantitative estimate of drug-likeness (QED) is 0.752. The first-order chi connectivity index (χ1) is 6.11. The van der Waals surface area contributed by atoms with Gasteiger partial charge in [0, 0.05) is 5.56 Å². The summed E-state index contributed by atoms with van der Waals surface area (Å²) in [5.41, 5.74) is 0.154. The molecule has 0 aliphatic rings. The maximum Gasteiger partial charge on any atom is 0.258 e. The summed E-state index contributed by atoms with van der Waals surface area (Å²) in [4.78, 5) is 0. The second kappa shape index (κ2) is 4.34. The first-order valence-corrected chi connectivity index (χ1v) is 4.61. The van der Waals surface area contributed by atoms with Crippen molar-refractivity contribution in [3.8, 4) is 0 Å². The van der Waals surface area contributed by atoms with Gasteiger partial charge in [0.15, 0.2) is 0 Å². The molecular formula is C8H8FO3S. The zero-order valence-corrected chi connectivity index (χ0v) is 7.75. The number of halogens is 1. The molecule has 1 aromatic carbocycles. The third-order valence-corrected chi connectivity index (χ3v) is 1.89. The van der Waals surface area contributed by atoms with Gasteiger partial charge in [0.1, 0.15) is 11.9 Å². The van der Waals surface area contributed by atoms with E-state index in [0.29, 0.717) is 0 Å². The Bertz CT molecular complexity index is 354. The molecule has 0 amide bonds. The maximum absolute atomic E-state index is 13.0. The summed E-state index contributed by atoms with van der Waals surface area (Å²) in [7, 11) is -2.98. The van der Waals surface area contributed by atoms with E-state index >= 15 is 0 Å². The van der Waals surface area contributed by atoms with Crippen LogP contribution >= 0.6 is 0 Å². The summed E-state index contributed by atoms with van der Waals surface area (Å²) in [5, 5.41) is 0. The lowest BCUT2D eigenvalue weighted by atomic mass is 10.1. The van der Waals surface area contributed by atoms with Crippen molar-refractivity contribution < 1.29 is 17.0 Å². The number of benzene rings is 1. The Morgan fingerprint density at radius 3 is 2.54 bits per heavy atom. The van der Waals surface area contributed by atoms with Crippen molar-refractivity contribution >= 4 is 11.0 Å². The predicted molar refractivity (Wildman–Crippen MR) is 45.8 cm³/mol. The average Bonchev–Trinajstić information content (AvgIpc) is 2.03. The van der Waals surface area contributed by atoms with E-state index in [-0.39, 0.29) is 11.7 Å². The maximum atomic E-state index is 13.0. The van der Waals surface area contributed by atoms with Gasteiger partial charge in [-0.15, -0.1) is 0 Å². The molecule has 0 N–H and O–H groups in total. The van der Waals surface area contributed by atoms with Crippen LogP contribution in [0.25, 0.3) is 0 Å². The molecule has 0 aliphatic heterocycles. The van der Waals surface area contributed by atoms with Crippen molar-refractivity contribution in [2.75, 3.05) is 0 Å². The summed E-state index contributed by atoms with van der Waals surface area (Å²) < 4.78 is 37.7. The van der Waals surface area contributed by atoms with E-state index in [9.17, 15) is 12.8 Å². The molecule has 0 bridgehead atoms. The molecule has 1 rings (SSSR count). The van der Waals surface area contributed by atoms with E-state index in [0.717, 1.165) is 0 Å². The molecular weight excluding hydrogens is 195 g/mol. The molecule has 3 nitrogen and oxygen atoms in total. The number of rotatable bonds is 3. The highest BCUT2D eigenvalue weighted by atomic mass is 32.2. The van der Waals surface area contributed by atoms with Gasteiger partial charge in [-0.1, -0.05) is 18.2 Å². The fourth-order valence-corrected chi connectivity index (χ4v) is 1.23. The molecule has 13 heavy (non-hydrogen) atoms. The van der Waals surface area contributed by atoms with Crippen LogP contribution in [0.1, 0.15) is 12.5 Å². The van der Waals surface area contributed by atoms with E-state index in [1.807, 2.05) is 0 Å². The van der Waals surface area contributed by atoms with Crippen LogP contribution in [-0.2, 0) is 15.2 Å². The molecule has 0 spiro atoms. The molecule has 0 saturated heterocycles. The van der Waals surface area contributed by atoms with Crippen LogP contribution in [0.2, 0.25) is 0 Å². The second-order valence-electron chi connectivity index (χ2n) is 2.35. The Balaban J connectivity index is 2.88. The first-order valence-electron chi connectivity index (χ1n) is 3.52. The molecule has 0 unspecified atom stereocenters. The van der Waals surface area contributed by atoms with Crippen LogP contribution in [-0.4, -0.2) is 8.42 Å². The summed E-state index contributed by atoms with van der Waals surface area (Å²) in [5.74, 6) is -0.503. The molecule has 0 aliphatic carbocycles. The minimum atomic E-state index is -2.98. The standard InChI is InChI=1S/C8H8FO3S/c1-6(12-13(10)11)7-4-2-3-5-8(7)9/h2-5,13H,1H3. The van der Waals surface area contributed by atoms with E-state index in [1.54, 1.807) is 6.07 Å². The Hall–Kier alpha value is -0.940. The van der Waals surface area contributed by atoms with Crippen LogP contribution in [0.4, 0.5) is 4.39 Å². The molecule has 0 atom stereocenters. The van der Waals surface area contributed by atoms with Crippen molar-refractivity contribution in [2.45, 2.75) is 6.92 Å². The van der Waals surface area contributed by atoms with Crippen LogP contribution in [0.15, 0.2) is 24.3 Å². The van der Waals surface area contributed by atoms with Crippen LogP contribution in [0, 0.1) is 11.9 Å². The molecule has 71 valence electrons. The zero-order valence-electron chi connectivity index (χ0n) is 6.86. The fourth-order valence-electron chi connectivity index (χ4n) is 0.908. The van der Waals surface area contributed by atoms with Gasteiger partial charge < -0.3 is 0 Å². The first kappa shape index (κ1) is 10.1. The van der Waals surface area contributed by atoms with Gasteiger partial charge in [0.05, 0.1) is 0 Å². The third-order valence-electron chi connectivity index (χ3n) is 1.46. The fraction of sp³-hybridized carbons (Fsp3) is 0.125. The Morgan fingerprint density at radius 1 is 1.38 bits per heavy atom. The van der Waals surface area contributed by atoms with E-state index in [1.165, 1.54) is 25.1 Å². The van der Waals surface area contributed by atoms with E-state index in [4.69, 9.17) is 0 Å². The number of hydrogen-bond acceptors (Lipinski definition) is 3. The van der Waals surface area contributed by atoms with Gasteiger partial charge >= 0.3 is 0 Å². The third kappa shape index (κ3) is 2.78. The van der Waals surface area contributed by atoms with E-state index in [2.05, 4.69) is 4.18 Å². The minimum absolute atomic E-state index is 0.0363. The molecule has 1 aromatic rings. The normalized spacial score (nSPS) is 11.1. The highest BCUT2D eigenvalue weighted by Crippen LogP contribution is 2.18. The summed E-state index contributed by atoms with van der Waals surface area (Å²) in [6.07, 6.45) is 0.0363. The topological polar surface area (TPSA) is 43.4 Å². The Kier molecular flexibility index (Phi) is 3.39. The molecule has 0 heterocycles. The van der Waals surface area contributed by atoms with Crippen molar-refractivity contribution in [1.82, 2.24) is 0 Å². The van der Waals surface area contributed by atoms with Crippen molar-refractivity contribution in [3.63, 3.8) is 0 Å². The Morgan fingerprint density at radius 2 is 2.00 bits per heavy atom. The number of thiol groups is 1. The van der Waals surface area contributed by atoms with Crippen molar-refractivity contribution in [1.29, 1.82) is 0 Å². The SMILES string of the molecule is C[C](O[SH](=O)=O)c1ccccc1F. The van der Waals surface area contributed by atoms with Crippen LogP contribution < -0.4 is 0 Å². The lowest BCUT2D eigenvalue weighted by molar-refractivity contribution is 0.366. The summed E-state index contributed by atoms with van der Waals surface area (Å²) in [6.45, 7) is 1.39. The lowest BCUT2D eigenvalue weighted by Gasteiger charge is -2.07. The average molecular weight is 203 g/mol. The molecule has 0 saturated carbocycles. The van der Waals surface area contributed by atoms with Crippen molar-refractivity contribution in [2.24, 2.45) is 0 Å². The van der Waals surface area contributed by atoms with Gasteiger partial charge in [-0.2, -0.15) is 0 Å². The molecule has 5 heteroatoms. The largest absolute Gasteiger partial charge is 0.258 e. The summed E-state index contributed by atoms with van der Waals surface area (Å²) >= 11 is 0. The molecule has 1 radical (unpaired) electrons. The number of hydrogen-bond donors (Lipinski definition) is 1. The van der Waals surface area contributed by atoms with Gasteiger partial charge in [-0.25, -0.2) is 12.8 Å². The van der Waals surface area contributed by atoms with Crippen LogP contribution in [0.3, 0.4) is 0 Å². The zero-order chi connectivity index (χ0) is 9.84. The van der Waals surface area contributed by atoms with Gasteiger partial charge in [0.25, 0.3) is 11.0 Å². The smallest absolute Gasteiger partial charge is 0.257 e. The van der Waals surface area contributed by atoms with Crippen molar-refractivity contribution in [3.05, 3.63) is 41.8 Å². The minimum Gasteiger partial charge on any atom is -0.257 e. The van der Waals surface area contributed by atoms with Crippen LogP contribution in [0.5, 0.6) is 0 Å². The van der Waals surface area contributed by atoms with E-state index < -0.39 is 16.8 Å². The summed E-state index contributed by atoms with van der Waals surface area (Å²) in [6, 6.07) is 5.80. The monoisotopic (exact) mass is 203 g/mol. The van der Waals surface area contributed by atoms with Gasteiger partial charge in [-0.05, 0) is 13.0 Å². The van der Waals surface area contributed by atoms with Gasteiger partial charge in [0.2, 0.25) is 0 Å². The second-order valence-corrected chi connectivity index (χ2v) is 2.98. The highest BCUT2D eigenvalue weighted by molar-refractivity contribution is 7.67. The molecule has 0 fully saturated rings. The highest BCUT2D eigenvalue weighted by Gasteiger charge is 2.12. The lowest BCUT2D eigenvalue weighted by Crippen LogP contribution is -2.01. The Labute approximate surface area is 77.3 Å². The predicted octanol–water partition coefficient (Wildman–Crippen LogP) is 1.27. The van der Waals surface area contributed by atoms with Gasteiger partial charge in [-0.3, -0.25) is 4.18 Å².